The molecule has 2 aromatic rings. The zero-order valence-corrected chi connectivity index (χ0v) is 13.4. The monoisotopic (exact) mass is 331 g/mol. The van der Waals surface area contributed by atoms with Gasteiger partial charge in [-0.05, 0) is 55.2 Å². The number of likely N-dealkylation sites (tertiary alicyclic amines) is 1. The average molecular weight is 331 g/mol. The van der Waals surface area contributed by atoms with E-state index in [1.807, 2.05) is 6.92 Å². The van der Waals surface area contributed by atoms with E-state index in [0.29, 0.717) is 24.3 Å². The number of rotatable bonds is 2. The third kappa shape index (κ3) is 3.53. The molecule has 1 aromatic carbocycles. The Labute approximate surface area is 139 Å². The lowest BCUT2D eigenvalue weighted by Gasteiger charge is -2.33. The van der Waals surface area contributed by atoms with Crippen LogP contribution in [0.25, 0.3) is 0 Å². The number of pyridine rings is 1. The van der Waals surface area contributed by atoms with Crippen molar-refractivity contribution in [2.45, 2.75) is 25.7 Å². The summed E-state index contributed by atoms with van der Waals surface area (Å²) in [5.41, 5.74) is 1.91. The second-order valence-electron chi connectivity index (χ2n) is 6.07. The minimum atomic E-state index is -0.458. The van der Waals surface area contributed by atoms with Gasteiger partial charge < -0.3 is 10.2 Å². The van der Waals surface area contributed by atoms with E-state index in [-0.39, 0.29) is 11.9 Å². The van der Waals surface area contributed by atoms with Crippen molar-refractivity contribution < 1.29 is 13.6 Å². The average Bonchev–Trinajstić information content (AvgIpc) is 2.59. The maximum atomic E-state index is 14.0. The van der Waals surface area contributed by atoms with Gasteiger partial charge in [0.25, 0.3) is 0 Å². The number of aromatic nitrogens is 1. The van der Waals surface area contributed by atoms with Gasteiger partial charge in [0.05, 0.1) is 0 Å². The predicted molar refractivity (Wildman–Crippen MR) is 87.9 cm³/mol. The lowest BCUT2D eigenvalue weighted by molar-refractivity contribution is 0.192. The fourth-order valence-corrected chi connectivity index (χ4v) is 3.05. The predicted octanol–water partition coefficient (Wildman–Crippen LogP) is 4.08. The first-order valence-corrected chi connectivity index (χ1v) is 7.96. The molecule has 1 aliphatic heterocycles. The number of carbonyl (C=O) groups excluding carboxylic acids is 1. The second kappa shape index (κ2) is 6.95. The minimum Gasteiger partial charge on any atom is -0.324 e. The third-order valence-electron chi connectivity index (χ3n) is 4.37. The third-order valence-corrected chi connectivity index (χ3v) is 4.37. The van der Waals surface area contributed by atoms with Crippen LogP contribution < -0.4 is 5.32 Å². The van der Waals surface area contributed by atoms with Crippen LogP contribution in [-0.4, -0.2) is 29.0 Å². The van der Waals surface area contributed by atoms with Crippen LogP contribution in [0.4, 0.5) is 19.3 Å². The van der Waals surface area contributed by atoms with Gasteiger partial charge in [0.1, 0.15) is 11.6 Å². The number of halogens is 2. The smallest absolute Gasteiger partial charge is 0.321 e. The molecule has 2 amide bonds. The highest BCUT2D eigenvalue weighted by atomic mass is 19.1. The molecular weight excluding hydrogens is 312 g/mol. The molecule has 4 nitrogen and oxygen atoms in total. The van der Waals surface area contributed by atoms with Crippen LogP contribution in [0.3, 0.4) is 0 Å². The molecule has 6 heteroatoms. The normalized spacial score (nSPS) is 17.6. The van der Waals surface area contributed by atoms with Crippen molar-refractivity contribution in [1.82, 2.24) is 9.88 Å². The summed E-state index contributed by atoms with van der Waals surface area (Å²) in [4.78, 5) is 18.1. The van der Waals surface area contributed by atoms with Crippen molar-refractivity contribution in [3.63, 3.8) is 0 Å². The minimum absolute atomic E-state index is 0.196. The van der Waals surface area contributed by atoms with Crippen molar-refractivity contribution in [2.24, 2.45) is 0 Å². The molecule has 2 heterocycles. The number of amides is 2. The number of piperidine rings is 1. The van der Waals surface area contributed by atoms with Crippen LogP contribution in [0.5, 0.6) is 0 Å². The van der Waals surface area contributed by atoms with Crippen LogP contribution >= 0.6 is 0 Å². The van der Waals surface area contributed by atoms with Gasteiger partial charge in [0.2, 0.25) is 0 Å². The molecule has 1 aromatic heterocycles. The van der Waals surface area contributed by atoms with E-state index >= 15 is 0 Å². The summed E-state index contributed by atoms with van der Waals surface area (Å²) >= 11 is 0. The second-order valence-corrected chi connectivity index (χ2v) is 6.07. The molecule has 0 bridgehead atoms. The molecule has 3 rings (SSSR count). The summed E-state index contributed by atoms with van der Waals surface area (Å²) in [5.74, 6) is -1.08. The topological polar surface area (TPSA) is 45.2 Å². The Morgan fingerprint density at radius 2 is 2.17 bits per heavy atom. The SMILES string of the molecule is Cc1cnccc1NC(=O)N1CCC[C@H](c2cc(F)ccc2F)C1. The highest BCUT2D eigenvalue weighted by Crippen LogP contribution is 2.29. The van der Waals surface area contributed by atoms with E-state index < -0.39 is 11.6 Å². The maximum absolute atomic E-state index is 14.0. The van der Waals surface area contributed by atoms with Crippen molar-refractivity contribution in [3.8, 4) is 0 Å². The molecule has 1 aliphatic rings. The van der Waals surface area contributed by atoms with Crippen molar-refractivity contribution >= 4 is 11.7 Å². The van der Waals surface area contributed by atoms with Crippen molar-refractivity contribution in [3.05, 3.63) is 59.4 Å². The highest BCUT2D eigenvalue weighted by Gasteiger charge is 2.27. The lowest BCUT2D eigenvalue weighted by atomic mass is 9.90. The fourth-order valence-electron chi connectivity index (χ4n) is 3.05. The maximum Gasteiger partial charge on any atom is 0.321 e. The molecule has 24 heavy (non-hydrogen) atoms. The van der Waals surface area contributed by atoms with Crippen molar-refractivity contribution in [1.29, 1.82) is 0 Å². The molecule has 0 unspecified atom stereocenters. The van der Waals surface area contributed by atoms with Crippen LogP contribution in [0.2, 0.25) is 0 Å². The fraction of sp³-hybridized carbons (Fsp3) is 0.333. The Kier molecular flexibility index (Phi) is 4.74. The number of benzene rings is 1. The molecule has 126 valence electrons. The number of nitrogens with zero attached hydrogens (tertiary/aromatic N) is 2. The quantitative estimate of drug-likeness (QED) is 0.901. The number of carbonyl (C=O) groups is 1. The molecule has 0 radical (unpaired) electrons. The highest BCUT2D eigenvalue weighted by molar-refractivity contribution is 5.90. The first kappa shape index (κ1) is 16.4. The van der Waals surface area contributed by atoms with Gasteiger partial charge in [-0.2, -0.15) is 0 Å². The number of nitrogens with one attached hydrogen (secondary N) is 1. The summed E-state index contributed by atoms with van der Waals surface area (Å²) < 4.78 is 27.4. The van der Waals surface area contributed by atoms with E-state index in [1.165, 1.54) is 6.07 Å². The van der Waals surface area contributed by atoms with Gasteiger partial charge in [0.15, 0.2) is 0 Å². The van der Waals surface area contributed by atoms with Gasteiger partial charge >= 0.3 is 6.03 Å². The molecule has 0 spiro atoms. The van der Waals surface area contributed by atoms with Crippen molar-refractivity contribution in [2.75, 3.05) is 18.4 Å². The van der Waals surface area contributed by atoms with E-state index in [0.717, 1.165) is 30.5 Å². The number of hydrogen-bond donors (Lipinski definition) is 1. The molecule has 0 aliphatic carbocycles. The number of aryl methyl sites for hydroxylation is 1. The zero-order valence-electron chi connectivity index (χ0n) is 13.4. The largest absolute Gasteiger partial charge is 0.324 e. The molecule has 0 saturated carbocycles. The number of anilines is 1. The summed E-state index contributed by atoms with van der Waals surface area (Å²) in [6.07, 6.45) is 4.78. The Balaban J connectivity index is 1.72. The van der Waals surface area contributed by atoms with E-state index in [9.17, 15) is 13.6 Å². The van der Waals surface area contributed by atoms with E-state index in [4.69, 9.17) is 0 Å². The number of urea groups is 1. The summed E-state index contributed by atoms with van der Waals surface area (Å²) in [7, 11) is 0. The van der Waals surface area contributed by atoms with Crippen LogP contribution in [0, 0.1) is 18.6 Å². The van der Waals surface area contributed by atoms with E-state index in [2.05, 4.69) is 10.3 Å². The number of hydrogen-bond acceptors (Lipinski definition) is 2. The van der Waals surface area contributed by atoms with Gasteiger partial charge in [-0.3, -0.25) is 4.98 Å². The van der Waals surface area contributed by atoms with Crippen LogP contribution in [0.15, 0.2) is 36.7 Å². The van der Waals surface area contributed by atoms with Gasteiger partial charge in [-0.25, -0.2) is 13.6 Å². The van der Waals surface area contributed by atoms with Gasteiger partial charge in [-0.15, -0.1) is 0 Å². The van der Waals surface area contributed by atoms with E-state index in [1.54, 1.807) is 23.4 Å². The molecular formula is C18H19F2N3O. The van der Waals surface area contributed by atoms with Gasteiger partial charge in [-0.1, -0.05) is 0 Å². The van der Waals surface area contributed by atoms with Gasteiger partial charge in [0, 0.05) is 37.1 Å². The Hall–Kier alpha value is -2.50. The lowest BCUT2D eigenvalue weighted by Crippen LogP contribution is -2.41. The summed E-state index contributed by atoms with van der Waals surface area (Å²) in [6.45, 7) is 2.84. The Morgan fingerprint density at radius 3 is 2.96 bits per heavy atom. The first-order valence-electron chi connectivity index (χ1n) is 7.96. The Bertz CT molecular complexity index is 751. The zero-order chi connectivity index (χ0) is 17.1. The summed E-state index contributed by atoms with van der Waals surface area (Å²) in [5, 5.41) is 2.86. The van der Waals surface area contributed by atoms with Crippen LogP contribution in [-0.2, 0) is 0 Å². The molecule has 1 N–H and O–H groups in total. The molecule has 1 fully saturated rings. The molecule has 1 saturated heterocycles. The molecule has 1 atom stereocenters. The first-order chi connectivity index (χ1) is 11.5. The Morgan fingerprint density at radius 1 is 1.33 bits per heavy atom. The van der Waals surface area contributed by atoms with Crippen LogP contribution in [0.1, 0.15) is 29.9 Å². The summed E-state index contributed by atoms with van der Waals surface area (Å²) in [6, 6.07) is 4.99. The standard InChI is InChI=1S/C18H19F2N3O/c1-12-10-21-7-6-17(12)22-18(24)23-8-2-3-13(11-23)15-9-14(19)4-5-16(15)20/h4-7,9-10,13H,2-3,8,11H2,1H3,(H,21,22,24)/t13-/m0/s1.